The maximum absolute atomic E-state index is 2.28. The van der Waals surface area contributed by atoms with Crippen molar-refractivity contribution in [3.8, 4) is 0 Å². The molecule has 0 aliphatic rings. The van der Waals surface area contributed by atoms with Gasteiger partial charge in [-0.15, -0.1) is 4.43 Å². The van der Waals surface area contributed by atoms with Crippen molar-refractivity contribution in [3.05, 3.63) is 29.8 Å². The van der Waals surface area contributed by atoms with Crippen LogP contribution in [0.1, 0.15) is 25.3 Å². The van der Waals surface area contributed by atoms with Crippen LogP contribution in [0.25, 0.3) is 0 Å². The Morgan fingerprint density at radius 3 is 2.67 bits per heavy atom. The summed E-state index contributed by atoms with van der Waals surface area (Å²) < 4.78 is 1.60. The van der Waals surface area contributed by atoms with Crippen molar-refractivity contribution in [3.63, 3.8) is 0 Å². The van der Waals surface area contributed by atoms with Crippen molar-refractivity contribution in [2.24, 2.45) is 0 Å². The molecule has 0 amide bonds. The lowest BCUT2D eigenvalue weighted by Gasteiger charge is -2.02. The van der Waals surface area contributed by atoms with Gasteiger partial charge in [0, 0.05) is 0 Å². The molecule has 0 bridgehead atoms. The van der Waals surface area contributed by atoms with Crippen molar-refractivity contribution in [2.75, 3.05) is 0 Å². The molecule has 0 saturated carbocycles. The summed E-state index contributed by atoms with van der Waals surface area (Å²) in [6, 6.07) is 8.77. The lowest BCUT2D eigenvalue weighted by atomic mass is 10.2. The maximum atomic E-state index is 2.28. The highest BCUT2D eigenvalue weighted by Crippen LogP contribution is 1.97. The third-order valence-electron chi connectivity index (χ3n) is 2.11. The first-order valence-corrected chi connectivity index (χ1v) is 6.13. The summed E-state index contributed by atoms with van der Waals surface area (Å²) in [7, 11) is 0. The Kier molecular flexibility index (Phi) is 4.43. The summed E-state index contributed by atoms with van der Waals surface area (Å²) >= 11 is 0.529. The molecular weight excluding hydrogens is 159 g/mol. The van der Waals surface area contributed by atoms with E-state index in [4.69, 9.17) is 0 Å². The Hall–Kier alpha value is -0.248. The van der Waals surface area contributed by atoms with Crippen LogP contribution in [0.2, 0.25) is 5.28 Å². The molecule has 12 heavy (non-hydrogen) atoms. The van der Waals surface area contributed by atoms with Crippen LogP contribution < -0.4 is 4.43 Å². The molecule has 63 valence electrons. The van der Waals surface area contributed by atoms with Crippen molar-refractivity contribution >= 4 is 19.6 Å². The zero-order chi connectivity index (χ0) is 8.81. The highest BCUT2D eigenvalue weighted by Gasteiger charge is 1.97. The van der Waals surface area contributed by atoms with Crippen LogP contribution in [0.15, 0.2) is 24.3 Å². The molecule has 0 atom stereocenters. The molecule has 0 heterocycles. The van der Waals surface area contributed by atoms with E-state index in [1.54, 1.807) is 4.43 Å². The third-order valence-corrected chi connectivity index (χ3v) is 3.89. The van der Waals surface area contributed by atoms with Gasteiger partial charge >= 0.3 is 0 Å². The molecule has 0 nitrogen and oxygen atoms in total. The molecule has 0 aliphatic heterocycles. The van der Waals surface area contributed by atoms with Crippen LogP contribution in [0, 0.1) is 6.92 Å². The number of benzene rings is 1. The third kappa shape index (κ3) is 3.01. The standard InChI is InChI=1S/C7H7.C4H9.Al/c1-7-5-3-2-4-6-7;1-3-4-2;/h2-5H,1H3;1,3-4H2,2H3;. The summed E-state index contributed by atoms with van der Waals surface area (Å²) in [4.78, 5) is 0. The van der Waals surface area contributed by atoms with Gasteiger partial charge in [-0.2, -0.15) is 0 Å². The summed E-state index contributed by atoms with van der Waals surface area (Å²) in [6.07, 6.45) is 2.72. The van der Waals surface area contributed by atoms with Gasteiger partial charge in [-0.1, -0.05) is 54.9 Å². The molecule has 0 spiro atoms. The van der Waals surface area contributed by atoms with E-state index < -0.39 is 0 Å². The Labute approximate surface area is 81.7 Å². The zero-order valence-corrected chi connectivity index (χ0v) is 9.16. The van der Waals surface area contributed by atoms with E-state index in [0.717, 1.165) is 0 Å². The molecule has 1 aromatic carbocycles. The second-order valence-corrected chi connectivity index (χ2v) is 4.81. The average molecular weight is 175 g/mol. The van der Waals surface area contributed by atoms with Gasteiger partial charge in [-0.05, 0) is 6.92 Å². The molecule has 0 fully saturated rings. The monoisotopic (exact) mass is 175 g/mol. The summed E-state index contributed by atoms with van der Waals surface area (Å²) in [5, 5.41) is 1.42. The Morgan fingerprint density at radius 2 is 2.00 bits per heavy atom. The number of hydrogen-bond donors (Lipinski definition) is 0. The second kappa shape index (κ2) is 5.41. The number of hydrogen-bond acceptors (Lipinski definition) is 0. The minimum Gasteiger partial charge on any atom is -0.121 e. The molecule has 1 radical (unpaired) electrons. The van der Waals surface area contributed by atoms with E-state index in [9.17, 15) is 0 Å². The van der Waals surface area contributed by atoms with E-state index in [1.165, 1.54) is 23.7 Å². The molecule has 0 unspecified atom stereocenters. The van der Waals surface area contributed by atoms with Crippen molar-refractivity contribution in [1.29, 1.82) is 0 Å². The topological polar surface area (TPSA) is 0 Å². The maximum Gasteiger partial charge on any atom is 0.250 e. The van der Waals surface area contributed by atoms with Crippen molar-refractivity contribution in [2.45, 2.75) is 32.0 Å². The summed E-state index contributed by atoms with van der Waals surface area (Å²) in [5.41, 5.74) is 1.48. The van der Waals surface area contributed by atoms with Crippen LogP contribution in [-0.2, 0) is 0 Å². The second-order valence-electron chi connectivity index (χ2n) is 3.20. The molecule has 1 heteroatoms. The fourth-order valence-corrected chi connectivity index (χ4v) is 2.87. The molecule has 1 aromatic rings. The van der Waals surface area contributed by atoms with Gasteiger partial charge in [0.05, 0.1) is 0 Å². The van der Waals surface area contributed by atoms with Crippen LogP contribution in [-0.4, -0.2) is 15.2 Å². The zero-order valence-electron chi connectivity index (χ0n) is 8.01. The SMILES string of the molecule is CCC[CH2][Al][c]1ccccc1C. The largest absolute Gasteiger partial charge is 0.250 e. The van der Waals surface area contributed by atoms with Gasteiger partial charge in [0.1, 0.15) is 0 Å². The number of aryl methyl sites for hydroxylation is 1. The van der Waals surface area contributed by atoms with E-state index >= 15 is 0 Å². The average Bonchev–Trinajstić information content (AvgIpc) is 2.09. The first-order chi connectivity index (χ1) is 5.84. The van der Waals surface area contributed by atoms with Crippen LogP contribution >= 0.6 is 0 Å². The molecular formula is C11H16Al. The molecule has 0 aliphatic carbocycles. The first-order valence-electron chi connectivity index (χ1n) is 4.73. The van der Waals surface area contributed by atoms with Crippen molar-refractivity contribution < 1.29 is 0 Å². The molecule has 1 rings (SSSR count). The predicted octanol–water partition coefficient (Wildman–Crippen LogP) is 2.54. The fourth-order valence-electron chi connectivity index (χ4n) is 1.28. The van der Waals surface area contributed by atoms with Crippen molar-refractivity contribution in [1.82, 2.24) is 0 Å². The normalized spacial score (nSPS) is 9.83. The molecule has 0 N–H and O–H groups in total. The minimum absolute atomic E-state index is 0.529. The van der Waals surface area contributed by atoms with Gasteiger partial charge in [0.2, 0.25) is 0 Å². The quantitative estimate of drug-likeness (QED) is 0.487. The van der Waals surface area contributed by atoms with Gasteiger partial charge < -0.3 is 0 Å². The van der Waals surface area contributed by atoms with Gasteiger partial charge in [0.15, 0.2) is 0 Å². The number of unbranched alkanes of at least 4 members (excludes halogenated alkanes) is 1. The van der Waals surface area contributed by atoms with Gasteiger partial charge in [0.25, 0.3) is 15.2 Å². The van der Waals surface area contributed by atoms with E-state index in [1.807, 2.05) is 0 Å². The fraction of sp³-hybridized carbons (Fsp3) is 0.455. The number of rotatable bonds is 4. The van der Waals surface area contributed by atoms with E-state index in [0.29, 0.717) is 15.2 Å². The Bertz CT molecular complexity index is 230. The van der Waals surface area contributed by atoms with Gasteiger partial charge in [-0.3, -0.25) is 0 Å². The lowest BCUT2D eigenvalue weighted by molar-refractivity contribution is 0.881. The van der Waals surface area contributed by atoms with Crippen LogP contribution in [0.3, 0.4) is 0 Å². The highest BCUT2D eigenvalue weighted by atomic mass is 27.1. The highest BCUT2D eigenvalue weighted by molar-refractivity contribution is 6.53. The van der Waals surface area contributed by atoms with E-state index in [-0.39, 0.29) is 0 Å². The van der Waals surface area contributed by atoms with Gasteiger partial charge in [-0.25, -0.2) is 0 Å². The lowest BCUT2D eigenvalue weighted by Crippen LogP contribution is -2.16. The predicted molar refractivity (Wildman–Crippen MR) is 56.3 cm³/mol. The van der Waals surface area contributed by atoms with Crippen LogP contribution in [0.5, 0.6) is 0 Å². The minimum atomic E-state index is 0.529. The Morgan fingerprint density at radius 1 is 1.25 bits per heavy atom. The van der Waals surface area contributed by atoms with E-state index in [2.05, 4.69) is 38.1 Å². The van der Waals surface area contributed by atoms with Crippen LogP contribution in [0.4, 0.5) is 0 Å². The summed E-state index contributed by atoms with van der Waals surface area (Å²) in [6.45, 7) is 4.48. The Balaban J connectivity index is 2.46. The molecule has 0 aromatic heterocycles. The first kappa shape index (κ1) is 9.84. The smallest absolute Gasteiger partial charge is 0.121 e. The molecule has 0 saturated heterocycles. The summed E-state index contributed by atoms with van der Waals surface area (Å²) in [5.74, 6) is 0.